The lowest BCUT2D eigenvalue weighted by atomic mass is 9.91. The quantitative estimate of drug-likeness (QED) is 0.208. The fourth-order valence-electron chi connectivity index (χ4n) is 4.27. The number of carbonyl (C=O) groups excluding carboxylic acids is 2. The summed E-state index contributed by atoms with van der Waals surface area (Å²) < 4.78 is 11.1. The summed E-state index contributed by atoms with van der Waals surface area (Å²) in [5.74, 6) is -0.950. The van der Waals surface area contributed by atoms with Gasteiger partial charge in [0.1, 0.15) is 11.5 Å². The molecular formula is C26H24BrNO5. The Morgan fingerprint density at radius 1 is 1.06 bits per heavy atom. The van der Waals surface area contributed by atoms with E-state index in [4.69, 9.17) is 9.47 Å². The van der Waals surface area contributed by atoms with E-state index in [1.54, 1.807) is 32.4 Å². The summed E-state index contributed by atoms with van der Waals surface area (Å²) in [5.41, 5.74) is 1.28. The van der Waals surface area contributed by atoms with E-state index in [1.807, 2.05) is 42.5 Å². The number of methoxy groups -OCH3 is 2. The van der Waals surface area contributed by atoms with Crippen molar-refractivity contribution in [1.29, 1.82) is 0 Å². The van der Waals surface area contributed by atoms with Gasteiger partial charge in [-0.25, -0.2) is 0 Å². The molecule has 1 amide bonds. The van der Waals surface area contributed by atoms with Gasteiger partial charge in [-0.05, 0) is 56.9 Å². The predicted octanol–water partition coefficient (Wildman–Crippen LogP) is 5.07. The fourth-order valence-corrected chi connectivity index (χ4v) is 4.81. The second kappa shape index (κ2) is 9.77. The highest BCUT2D eigenvalue weighted by atomic mass is 79.9. The first-order valence-corrected chi connectivity index (χ1v) is 11.4. The summed E-state index contributed by atoms with van der Waals surface area (Å²) in [6.45, 7) is 0.784. The number of ketones is 1. The van der Waals surface area contributed by atoms with Gasteiger partial charge in [0.25, 0.3) is 11.7 Å². The van der Waals surface area contributed by atoms with E-state index < -0.39 is 17.7 Å². The first-order chi connectivity index (χ1) is 16.0. The topological polar surface area (TPSA) is 76.1 Å². The zero-order valence-corrected chi connectivity index (χ0v) is 20.0. The molecule has 4 rings (SSSR count). The van der Waals surface area contributed by atoms with Crippen LogP contribution >= 0.6 is 15.9 Å². The van der Waals surface area contributed by atoms with Crippen molar-refractivity contribution in [2.24, 2.45) is 0 Å². The number of rotatable bonds is 7. The van der Waals surface area contributed by atoms with E-state index >= 15 is 0 Å². The Morgan fingerprint density at radius 2 is 1.82 bits per heavy atom. The van der Waals surface area contributed by atoms with Crippen molar-refractivity contribution < 1.29 is 24.2 Å². The molecule has 6 nitrogen and oxygen atoms in total. The molecule has 0 saturated carbocycles. The van der Waals surface area contributed by atoms with Gasteiger partial charge in [-0.2, -0.15) is 0 Å². The van der Waals surface area contributed by atoms with Gasteiger partial charge < -0.3 is 19.5 Å². The van der Waals surface area contributed by atoms with E-state index in [-0.39, 0.29) is 11.3 Å². The molecule has 0 aliphatic carbocycles. The number of Topliss-reactive ketones (excluding diaryl/α,β-unsaturated/α-hetero) is 1. The van der Waals surface area contributed by atoms with Gasteiger partial charge in [-0.3, -0.25) is 9.59 Å². The molecule has 1 saturated heterocycles. The molecule has 3 aromatic carbocycles. The molecule has 7 heteroatoms. The number of ether oxygens (including phenoxy) is 2. The van der Waals surface area contributed by atoms with Crippen LogP contribution in [0, 0.1) is 0 Å². The number of aliphatic hydroxyl groups excluding tert-OH is 1. The molecule has 3 aromatic rings. The molecular weight excluding hydrogens is 486 g/mol. The van der Waals surface area contributed by atoms with E-state index in [2.05, 4.69) is 15.9 Å². The van der Waals surface area contributed by atoms with Gasteiger partial charge in [-0.15, -0.1) is 0 Å². The Hall–Kier alpha value is -3.16. The van der Waals surface area contributed by atoms with Gasteiger partial charge in [0.15, 0.2) is 0 Å². The van der Waals surface area contributed by atoms with Crippen molar-refractivity contribution in [2.75, 3.05) is 27.4 Å². The zero-order valence-electron chi connectivity index (χ0n) is 18.4. The summed E-state index contributed by atoms with van der Waals surface area (Å²) in [4.78, 5) is 27.8. The third kappa shape index (κ3) is 4.26. The van der Waals surface area contributed by atoms with Gasteiger partial charge in [0.2, 0.25) is 0 Å². The first-order valence-electron chi connectivity index (χ1n) is 10.6. The van der Waals surface area contributed by atoms with Gasteiger partial charge >= 0.3 is 0 Å². The zero-order chi connectivity index (χ0) is 23.5. The largest absolute Gasteiger partial charge is 0.507 e. The Kier molecular flexibility index (Phi) is 6.81. The summed E-state index contributed by atoms with van der Waals surface area (Å²) in [5, 5.41) is 13.2. The van der Waals surface area contributed by atoms with E-state index in [1.165, 1.54) is 4.90 Å². The molecule has 1 aliphatic rings. The molecule has 1 fully saturated rings. The van der Waals surface area contributed by atoms with Crippen LogP contribution in [0.1, 0.15) is 23.6 Å². The molecule has 0 bridgehead atoms. The lowest BCUT2D eigenvalue weighted by molar-refractivity contribution is -0.140. The van der Waals surface area contributed by atoms with Crippen LogP contribution in [0.25, 0.3) is 16.5 Å². The number of halogens is 1. The lowest BCUT2D eigenvalue weighted by Crippen LogP contribution is -2.31. The standard InChI is InChI=1S/C26H24BrNO5/c1-32-14-6-13-28-23(19-10-5-8-16-7-3-4-9-18(16)19)22(25(30)26(28)31)24(29)17-11-12-21(33-2)20(27)15-17/h3-5,7-12,15,23,29H,6,13-14H2,1-2H3/b24-22-. The number of carbonyl (C=O) groups is 2. The molecule has 0 radical (unpaired) electrons. The number of hydrogen-bond acceptors (Lipinski definition) is 5. The average molecular weight is 510 g/mol. The van der Waals surface area contributed by atoms with Crippen LogP contribution in [-0.2, 0) is 14.3 Å². The summed E-state index contributed by atoms with van der Waals surface area (Å²) in [6.07, 6.45) is 0.568. The van der Waals surface area contributed by atoms with Crippen LogP contribution in [0.5, 0.6) is 5.75 Å². The lowest BCUT2D eigenvalue weighted by Gasteiger charge is -2.26. The Bertz CT molecular complexity index is 1250. The highest BCUT2D eigenvalue weighted by molar-refractivity contribution is 9.10. The van der Waals surface area contributed by atoms with Crippen LogP contribution < -0.4 is 4.74 Å². The fraction of sp³-hybridized carbons (Fsp3) is 0.231. The van der Waals surface area contributed by atoms with Crippen molar-refractivity contribution in [3.63, 3.8) is 0 Å². The Balaban J connectivity index is 1.91. The molecule has 1 unspecified atom stereocenters. The molecule has 1 atom stereocenters. The Morgan fingerprint density at radius 3 is 2.55 bits per heavy atom. The maximum absolute atomic E-state index is 13.2. The van der Waals surface area contributed by atoms with Crippen molar-refractivity contribution in [2.45, 2.75) is 12.5 Å². The van der Waals surface area contributed by atoms with Gasteiger partial charge in [0.05, 0.1) is 23.2 Å². The predicted molar refractivity (Wildman–Crippen MR) is 130 cm³/mol. The summed E-state index contributed by atoms with van der Waals surface area (Å²) in [7, 11) is 3.14. The van der Waals surface area contributed by atoms with Crippen molar-refractivity contribution in [1.82, 2.24) is 4.90 Å². The summed E-state index contributed by atoms with van der Waals surface area (Å²) in [6, 6.07) is 17.9. The smallest absolute Gasteiger partial charge is 0.295 e. The SMILES string of the molecule is COCCCN1C(=O)C(=O)/C(=C(\O)c2ccc(OC)c(Br)c2)C1c1cccc2ccccc12. The molecule has 1 N–H and O–H groups in total. The molecule has 33 heavy (non-hydrogen) atoms. The maximum atomic E-state index is 13.2. The second-order valence-corrected chi connectivity index (χ2v) is 8.61. The molecule has 1 aliphatic heterocycles. The van der Waals surface area contributed by atoms with Crippen LogP contribution in [0.2, 0.25) is 0 Å². The minimum Gasteiger partial charge on any atom is -0.507 e. The molecule has 1 heterocycles. The highest BCUT2D eigenvalue weighted by Crippen LogP contribution is 2.42. The van der Waals surface area contributed by atoms with E-state index in [0.29, 0.717) is 35.4 Å². The number of amides is 1. The minimum absolute atomic E-state index is 0.0748. The number of aliphatic hydroxyl groups is 1. The van der Waals surface area contributed by atoms with Crippen LogP contribution in [0.15, 0.2) is 70.7 Å². The van der Waals surface area contributed by atoms with Crippen molar-refractivity contribution in [3.05, 3.63) is 81.8 Å². The monoisotopic (exact) mass is 509 g/mol. The van der Waals surface area contributed by atoms with Crippen LogP contribution in [0.4, 0.5) is 0 Å². The summed E-state index contributed by atoms with van der Waals surface area (Å²) >= 11 is 3.42. The first kappa shape index (κ1) is 23.0. The third-order valence-corrected chi connectivity index (χ3v) is 6.45. The van der Waals surface area contributed by atoms with Gasteiger partial charge in [0, 0.05) is 25.8 Å². The Labute approximate surface area is 200 Å². The maximum Gasteiger partial charge on any atom is 0.295 e. The van der Waals surface area contributed by atoms with Crippen molar-refractivity contribution in [3.8, 4) is 5.75 Å². The van der Waals surface area contributed by atoms with Gasteiger partial charge in [-0.1, -0.05) is 42.5 Å². The molecule has 170 valence electrons. The second-order valence-electron chi connectivity index (χ2n) is 7.76. The number of benzene rings is 3. The van der Waals surface area contributed by atoms with E-state index in [9.17, 15) is 14.7 Å². The number of nitrogens with zero attached hydrogens (tertiary/aromatic N) is 1. The van der Waals surface area contributed by atoms with Crippen molar-refractivity contribution >= 4 is 44.2 Å². The van der Waals surface area contributed by atoms with Crippen LogP contribution in [0.3, 0.4) is 0 Å². The average Bonchev–Trinajstić information content (AvgIpc) is 3.08. The highest BCUT2D eigenvalue weighted by Gasteiger charge is 2.46. The third-order valence-electron chi connectivity index (χ3n) is 5.83. The minimum atomic E-state index is -0.714. The molecule has 0 aromatic heterocycles. The normalized spacial score (nSPS) is 17.7. The number of likely N-dealkylation sites (tertiary alicyclic amines) is 1. The van der Waals surface area contributed by atoms with Crippen LogP contribution in [-0.4, -0.2) is 49.1 Å². The molecule has 0 spiro atoms. The number of fused-ring (bicyclic) bond motifs is 1. The number of hydrogen-bond donors (Lipinski definition) is 1. The van der Waals surface area contributed by atoms with E-state index in [0.717, 1.165) is 16.3 Å².